The Hall–Kier alpha value is -1.24. The number of aromatic nitrogens is 1. The Bertz CT molecular complexity index is 404. The lowest BCUT2D eigenvalue weighted by Gasteiger charge is -2.08. The van der Waals surface area contributed by atoms with Crippen LogP contribution >= 0.6 is 11.8 Å². The number of esters is 1. The summed E-state index contributed by atoms with van der Waals surface area (Å²) in [6.07, 6.45) is -3.86. The van der Waals surface area contributed by atoms with Gasteiger partial charge in [-0.2, -0.15) is 13.2 Å². The van der Waals surface area contributed by atoms with Gasteiger partial charge in [-0.15, -0.1) is 0 Å². The molecule has 0 atom stereocenters. The molecule has 0 N–H and O–H groups in total. The summed E-state index contributed by atoms with van der Waals surface area (Å²) in [5.74, 6) is -0.395. The lowest BCUT2D eigenvalue weighted by atomic mass is 10.3. The van der Waals surface area contributed by atoms with Crippen LogP contribution in [0.15, 0.2) is 23.4 Å². The predicted molar refractivity (Wildman–Crippen MR) is 61.2 cm³/mol. The number of thioether (sulfide) groups is 1. The third-order valence-electron chi connectivity index (χ3n) is 1.77. The molecule has 3 nitrogen and oxygen atoms in total. The van der Waals surface area contributed by atoms with Gasteiger partial charge in [0.1, 0.15) is 0 Å². The Morgan fingerprint density at radius 3 is 2.56 bits per heavy atom. The number of nitrogens with zero attached hydrogens (tertiary/aromatic N) is 1. The zero-order chi connectivity index (χ0) is 13.8. The van der Waals surface area contributed by atoms with E-state index in [1.165, 1.54) is 6.07 Å². The SMILES string of the molecule is CC(C)OC(=O)CSc1ccc(C(F)(F)F)cn1. The smallest absolute Gasteiger partial charge is 0.417 e. The summed E-state index contributed by atoms with van der Waals surface area (Å²) in [7, 11) is 0. The third kappa shape index (κ3) is 4.95. The van der Waals surface area contributed by atoms with Crippen molar-refractivity contribution in [3.8, 4) is 0 Å². The van der Waals surface area contributed by atoms with Crippen molar-refractivity contribution in [2.75, 3.05) is 5.75 Å². The van der Waals surface area contributed by atoms with Gasteiger partial charge in [0.25, 0.3) is 0 Å². The minimum Gasteiger partial charge on any atom is -0.462 e. The first-order valence-electron chi connectivity index (χ1n) is 5.14. The number of hydrogen-bond acceptors (Lipinski definition) is 4. The largest absolute Gasteiger partial charge is 0.462 e. The van der Waals surface area contributed by atoms with Gasteiger partial charge in [-0.25, -0.2) is 4.98 Å². The highest BCUT2D eigenvalue weighted by molar-refractivity contribution is 7.99. The van der Waals surface area contributed by atoms with E-state index in [-0.39, 0.29) is 11.9 Å². The molecule has 0 amide bonds. The van der Waals surface area contributed by atoms with Crippen molar-refractivity contribution in [3.63, 3.8) is 0 Å². The quantitative estimate of drug-likeness (QED) is 0.627. The van der Waals surface area contributed by atoms with Gasteiger partial charge < -0.3 is 4.74 Å². The molecule has 1 rings (SSSR count). The van der Waals surface area contributed by atoms with Gasteiger partial charge in [-0.3, -0.25) is 4.79 Å². The van der Waals surface area contributed by atoms with Gasteiger partial charge in [0.05, 0.1) is 22.4 Å². The number of rotatable bonds is 4. The lowest BCUT2D eigenvalue weighted by Crippen LogP contribution is -2.13. The lowest BCUT2D eigenvalue weighted by molar-refractivity contribution is -0.144. The molecule has 0 bridgehead atoms. The van der Waals surface area contributed by atoms with E-state index in [0.29, 0.717) is 5.03 Å². The molecule has 0 aliphatic rings. The number of carbonyl (C=O) groups excluding carboxylic acids is 1. The topological polar surface area (TPSA) is 39.2 Å². The van der Waals surface area contributed by atoms with Crippen LogP contribution in [-0.4, -0.2) is 22.8 Å². The van der Waals surface area contributed by atoms with E-state index in [1.807, 2.05) is 0 Å². The summed E-state index contributed by atoms with van der Waals surface area (Å²) in [6, 6.07) is 2.17. The van der Waals surface area contributed by atoms with Gasteiger partial charge >= 0.3 is 12.1 Å². The standard InChI is InChI=1S/C11H12F3NO2S/c1-7(2)17-10(16)6-18-9-4-3-8(5-15-9)11(12,13)14/h3-5,7H,6H2,1-2H3. The molecule has 18 heavy (non-hydrogen) atoms. The summed E-state index contributed by atoms with van der Waals surface area (Å²) in [6.45, 7) is 3.44. The van der Waals surface area contributed by atoms with Crippen molar-refractivity contribution >= 4 is 17.7 Å². The Balaban J connectivity index is 2.52. The Labute approximate surface area is 107 Å². The second-order valence-electron chi connectivity index (χ2n) is 3.71. The molecule has 0 saturated heterocycles. The van der Waals surface area contributed by atoms with Gasteiger partial charge in [0, 0.05) is 6.20 Å². The average molecular weight is 279 g/mol. The molecule has 7 heteroatoms. The first-order valence-corrected chi connectivity index (χ1v) is 6.13. The molecular formula is C11H12F3NO2S. The molecule has 0 fully saturated rings. The van der Waals surface area contributed by atoms with Crippen LogP contribution in [0.2, 0.25) is 0 Å². The average Bonchev–Trinajstić information content (AvgIpc) is 2.25. The minimum absolute atomic E-state index is 0.0243. The zero-order valence-corrected chi connectivity index (χ0v) is 10.6. The van der Waals surface area contributed by atoms with E-state index in [1.54, 1.807) is 13.8 Å². The molecule has 0 aromatic carbocycles. The second-order valence-corrected chi connectivity index (χ2v) is 4.71. The van der Waals surface area contributed by atoms with Crippen LogP contribution in [0.3, 0.4) is 0 Å². The van der Waals surface area contributed by atoms with Crippen molar-refractivity contribution in [2.24, 2.45) is 0 Å². The summed E-state index contributed by atoms with van der Waals surface area (Å²) in [5, 5.41) is 0.351. The van der Waals surface area contributed by atoms with E-state index in [4.69, 9.17) is 4.74 Å². The molecule has 1 aromatic heterocycles. The van der Waals surface area contributed by atoms with Crippen LogP contribution in [0.1, 0.15) is 19.4 Å². The van der Waals surface area contributed by atoms with E-state index in [0.717, 1.165) is 24.0 Å². The summed E-state index contributed by atoms with van der Waals surface area (Å²) < 4.78 is 41.7. The molecule has 1 aromatic rings. The Morgan fingerprint density at radius 2 is 2.11 bits per heavy atom. The molecule has 0 saturated carbocycles. The van der Waals surface area contributed by atoms with Crippen LogP contribution in [-0.2, 0) is 15.7 Å². The first-order chi connectivity index (χ1) is 8.29. The number of halogens is 3. The van der Waals surface area contributed by atoms with Crippen LogP contribution in [0, 0.1) is 0 Å². The highest BCUT2D eigenvalue weighted by Crippen LogP contribution is 2.29. The molecule has 0 unspecified atom stereocenters. The molecule has 0 radical (unpaired) electrons. The van der Waals surface area contributed by atoms with E-state index in [9.17, 15) is 18.0 Å². The van der Waals surface area contributed by atoms with Crippen molar-refractivity contribution < 1.29 is 22.7 Å². The monoisotopic (exact) mass is 279 g/mol. The maximum atomic E-state index is 12.3. The van der Waals surface area contributed by atoms with E-state index >= 15 is 0 Å². The highest BCUT2D eigenvalue weighted by Gasteiger charge is 2.30. The number of carbonyl (C=O) groups is 1. The summed E-state index contributed by atoms with van der Waals surface area (Å²) in [4.78, 5) is 14.8. The molecule has 0 aliphatic carbocycles. The highest BCUT2D eigenvalue weighted by atomic mass is 32.2. The number of hydrogen-bond donors (Lipinski definition) is 0. The Morgan fingerprint density at radius 1 is 1.44 bits per heavy atom. The Kier molecular flexibility index (Phi) is 5.01. The molecular weight excluding hydrogens is 267 g/mol. The predicted octanol–water partition coefficient (Wildman–Crippen LogP) is 3.14. The van der Waals surface area contributed by atoms with Gasteiger partial charge in [0.2, 0.25) is 0 Å². The van der Waals surface area contributed by atoms with Crippen LogP contribution in [0.4, 0.5) is 13.2 Å². The fourth-order valence-corrected chi connectivity index (χ4v) is 1.69. The molecule has 100 valence electrons. The van der Waals surface area contributed by atoms with E-state index in [2.05, 4.69) is 4.98 Å². The third-order valence-corrected chi connectivity index (χ3v) is 2.69. The fourth-order valence-electron chi connectivity index (χ4n) is 1.06. The normalized spacial score (nSPS) is 11.7. The van der Waals surface area contributed by atoms with Gasteiger partial charge in [0.15, 0.2) is 0 Å². The van der Waals surface area contributed by atoms with Crippen molar-refractivity contribution in [1.82, 2.24) is 4.98 Å². The maximum absolute atomic E-state index is 12.3. The van der Waals surface area contributed by atoms with Crippen molar-refractivity contribution in [1.29, 1.82) is 0 Å². The van der Waals surface area contributed by atoms with E-state index < -0.39 is 17.7 Å². The van der Waals surface area contributed by atoms with Gasteiger partial charge in [-0.05, 0) is 26.0 Å². The molecule has 1 heterocycles. The number of pyridine rings is 1. The van der Waals surface area contributed by atoms with Crippen LogP contribution in [0.5, 0.6) is 0 Å². The zero-order valence-electron chi connectivity index (χ0n) is 9.82. The van der Waals surface area contributed by atoms with Crippen molar-refractivity contribution in [2.45, 2.75) is 31.2 Å². The summed E-state index contributed by atoms with van der Waals surface area (Å²) in [5.41, 5.74) is -0.809. The number of ether oxygens (including phenoxy) is 1. The molecule has 0 spiro atoms. The maximum Gasteiger partial charge on any atom is 0.417 e. The fraction of sp³-hybridized carbons (Fsp3) is 0.455. The summed E-state index contributed by atoms with van der Waals surface area (Å²) >= 11 is 1.04. The van der Waals surface area contributed by atoms with Crippen molar-refractivity contribution in [3.05, 3.63) is 23.9 Å². The number of alkyl halides is 3. The van der Waals surface area contributed by atoms with Crippen LogP contribution in [0.25, 0.3) is 0 Å². The van der Waals surface area contributed by atoms with Gasteiger partial charge in [-0.1, -0.05) is 11.8 Å². The second kappa shape index (κ2) is 6.08. The molecule has 0 aliphatic heterocycles. The minimum atomic E-state index is -4.40. The first kappa shape index (κ1) is 14.8. The van der Waals surface area contributed by atoms with Crippen LogP contribution < -0.4 is 0 Å².